The van der Waals surface area contributed by atoms with Crippen LogP contribution in [-0.4, -0.2) is 8.41 Å². The first-order valence-electron chi connectivity index (χ1n) is 0. The Bertz CT molecular complexity index is 8.00. The number of hydrogen-bond acceptors (Lipinski definition) is 0. The molecule has 0 aromatic heterocycles. The first kappa shape index (κ1) is 37.1. The van der Waals surface area contributed by atoms with E-state index in [1.807, 2.05) is 0 Å². The zero-order valence-electron chi connectivity index (χ0n) is 1.12. The smallest absolute Gasteiger partial charge is 0 e. The fourth-order valence-corrected chi connectivity index (χ4v) is 0. The third-order valence-corrected chi connectivity index (χ3v) is 0. The minimum Gasteiger partial charge on any atom is 0 e. The van der Waals surface area contributed by atoms with E-state index in [1.165, 1.54) is 0 Å². The van der Waals surface area contributed by atoms with Crippen molar-refractivity contribution in [1.82, 2.24) is 0 Å². The molecule has 0 aliphatic carbocycles. The van der Waals surface area contributed by atoms with E-state index in [1.54, 1.807) is 0 Å². The summed E-state index contributed by atoms with van der Waals surface area (Å²) in [5.41, 5.74) is 0. The maximum absolute atomic E-state index is 0. The van der Waals surface area contributed by atoms with Gasteiger partial charge in [0.15, 0.2) is 0 Å². The molecule has 0 bridgehead atoms. The molecule has 0 N–H and O–H groups in total. The van der Waals surface area contributed by atoms with Gasteiger partial charge in [-0.2, -0.15) is 0 Å². The molecule has 0 spiro atoms. The third-order valence-electron chi connectivity index (χ3n) is 0. The minimum atomic E-state index is 0. The molecule has 0 aliphatic heterocycles. The minimum absolute atomic E-state index is 0. The van der Waals surface area contributed by atoms with Gasteiger partial charge >= 0.3 is 0 Å². The van der Waals surface area contributed by atoms with E-state index in [-0.39, 0.29) is 69.2 Å². The van der Waals surface area contributed by atoms with Crippen LogP contribution in [0.2, 0.25) is 0 Å². The predicted molar refractivity (Wildman–Crippen MR) is 9.94 cm³/mol. The third kappa shape index (κ3) is 8.98. The summed E-state index contributed by atoms with van der Waals surface area (Å²) >= 11 is 0. The van der Waals surface area contributed by atoms with Crippen molar-refractivity contribution >= 4 is 8.41 Å². The van der Waals surface area contributed by atoms with Crippen molar-refractivity contribution in [2.75, 3.05) is 0 Å². The Morgan fingerprint density at radius 2 is 1.00 bits per heavy atom. The van der Waals surface area contributed by atoms with Crippen LogP contribution in [0.3, 0.4) is 0 Å². The second-order valence-electron chi connectivity index (χ2n) is 0. The van der Waals surface area contributed by atoms with Gasteiger partial charge in [0.05, 0.1) is 8.41 Å². The number of rotatable bonds is 0. The van der Waals surface area contributed by atoms with Gasteiger partial charge in [-0.3, -0.25) is 0 Å². The summed E-state index contributed by atoms with van der Waals surface area (Å²) in [6, 6.07) is 0. The van der Waals surface area contributed by atoms with E-state index in [0.29, 0.717) is 0 Å². The van der Waals surface area contributed by atoms with E-state index < -0.39 is 0 Å². The fraction of sp³-hybridized carbons (Fsp3) is 0. The van der Waals surface area contributed by atoms with Crippen LogP contribution >= 0.6 is 0 Å². The summed E-state index contributed by atoms with van der Waals surface area (Å²) in [6.07, 6.45) is 0. The van der Waals surface area contributed by atoms with Crippen molar-refractivity contribution in [2.24, 2.45) is 0 Å². The van der Waals surface area contributed by atoms with Gasteiger partial charge in [-0.25, -0.2) is 0 Å². The Labute approximate surface area is 68.6 Å². The molecule has 4 heavy (non-hydrogen) atoms. The van der Waals surface area contributed by atoms with E-state index in [4.69, 9.17) is 0 Å². The molecular weight excluding hydrogens is 356 g/mol. The van der Waals surface area contributed by atoms with Gasteiger partial charge in [-0.1, -0.05) is 0 Å². The molecular formula is H3AuBCrMo. The number of hydrogen-bond donors (Lipinski definition) is 0. The summed E-state index contributed by atoms with van der Waals surface area (Å²) in [4.78, 5) is 0. The van der Waals surface area contributed by atoms with Crippen molar-refractivity contribution < 1.29 is 60.8 Å². The topological polar surface area (TPSA) is 0 Å². The molecule has 1 radical (unpaired) electrons. The molecule has 0 aromatic rings. The first-order chi connectivity index (χ1) is 0. The monoisotopic (exact) mass is 361 g/mol. The van der Waals surface area contributed by atoms with Gasteiger partial charge in [-0.05, 0) is 0 Å². The van der Waals surface area contributed by atoms with E-state index >= 15 is 0 Å². The average Bonchev–Trinajstić information content (AvgIpc) is 0. The Morgan fingerprint density at radius 3 is 1.00 bits per heavy atom. The molecule has 0 heterocycles. The van der Waals surface area contributed by atoms with Crippen LogP contribution in [0.5, 0.6) is 0 Å². The molecule has 0 unspecified atom stereocenters. The predicted octanol–water partition coefficient (Wildman–Crippen LogP) is -1.19. The zero-order valence-corrected chi connectivity index (χ0v) is 6.57. The Morgan fingerprint density at radius 1 is 1.00 bits per heavy atom. The molecule has 0 saturated heterocycles. The summed E-state index contributed by atoms with van der Waals surface area (Å²) in [5, 5.41) is 0. The molecule has 0 rings (SSSR count). The van der Waals surface area contributed by atoms with Crippen LogP contribution in [0, 0.1) is 0 Å². The van der Waals surface area contributed by atoms with Crippen LogP contribution in [0.1, 0.15) is 0 Å². The van der Waals surface area contributed by atoms with E-state index in [9.17, 15) is 0 Å². The molecule has 29 valence electrons. The maximum Gasteiger partial charge on any atom is 0.0814 e. The summed E-state index contributed by atoms with van der Waals surface area (Å²) in [7, 11) is 0. The van der Waals surface area contributed by atoms with Crippen LogP contribution in [0.25, 0.3) is 0 Å². The molecule has 0 atom stereocenters. The Kier molecular flexibility index (Phi) is 184. The van der Waals surface area contributed by atoms with E-state index in [0.717, 1.165) is 0 Å². The average molecular weight is 359 g/mol. The normalized spacial score (nSPS) is 0. The van der Waals surface area contributed by atoms with Gasteiger partial charge in [0.2, 0.25) is 0 Å². The summed E-state index contributed by atoms with van der Waals surface area (Å²) < 4.78 is 0. The Hall–Kier alpha value is 2.03. The molecule has 0 aliphatic rings. The van der Waals surface area contributed by atoms with Crippen molar-refractivity contribution in [2.45, 2.75) is 0 Å². The second kappa shape index (κ2) is 19.8. The van der Waals surface area contributed by atoms with Gasteiger partial charge < -0.3 is 0 Å². The quantitative estimate of drug-likeness (QED) is 0.478. The second-order valence-corrected chi connectivity index (χ2v) is 0. The summed E-state index contributed by atoms with van der Waals surface area (Å²) in [6.45, 7) is 0. The molecule has 0 aromatic carbocycles. The van der Waals surface area contributed by atoms with Crippen LogP contribution in [0.4, 0.5) is 0 Å². The van der Waals surface area contributed by atoms with Gasteiger partial charge in [0.25, 0.3) is 0 Å². The molecule has 4 heteroatoms. The van der Waals surface area contributed by atoms with Crippen LogP contribution in [-0.2, 0) is 60.8 Å². The van der Waals surface area contributed by atoms with Crippen molar-refractivity contribution in [3.05, 3.63) is 0 Å². The van der Waals surface area contributed by atoms with Gasteiger partial charge in [0, 0.05) is 60.8 Å². The zero-order chi connectivity index (χ0) is 0. The van der Waals surface area contributed by atoms with Gasteiger partial charge in [0.1, 0.15) is 0 Å². The molecule has 0 amide bonds. The standard InChI is InChI=1S/Au.BH3.Cr.Mo/h;1H3;;. The molecule has 0 saturated carbocycles. The van der Waals surface area contributed by atoms with Gasteiger partial charge in [-0.15, -0.1) is 0 Å². The SMILES string of the molecule is B.[Au].[Cr].[Mo]. The largest absolute Gasteiger partial charge is 0.0814 e. The van der Waals surface area contributed by atoms with E-state index in [2.05, 4.69) is 0 Å². The van der Waals surface area contributed by atoms with Crippen molar-refractivity contribution in [3.8, 4) is 0 Å². The molecule has 0 fully saturated rings. The van der Waals surface area contributed by atoms with Crippen LogP contribution < -0.4 is 0 Å². The summed E-state index contributed by atoms with van der Waals surface area (Å²) in [5.74, 6) is 0. The maximum atomic E-state index is 0. The molecule has 0 nitrogen and oxygen atoms in total. The van der Waals surface area contributed by atoms with Crippen LogP contribution in [0.15, 0.2) is 0 Å². The first-order valence-corrected chi connectivity index (χ1v) is 0. The Balaban J connectivity index is 0. The van der Waals surface area contributed by atoms with Crippen molar-refractivity contribution in [1.29, 1.82) is 0 Å². The van der Waals surface area contributed by atoms with Crippen molar-refractivity contribution in [3.63, 3.8) is 0 Å². The fourth-order valence-electron chi connectivity index (χ4n) is 0.